The van der Waals surface area contributed by atoms with Crippen molar-refractivity contribution in [2.75, 3.05) is 23.4 Å². The van der Waals surface area contributed by atoms with Gasteiger partial charge < -0.3 is 5.32 Å². The van der Waals surface area contributed by atoms with Crippen LogP contribution >= 0.6 is 0 Å². The highest BCUT2D eigenvalue weighted by molar-refractivity contribution is 7.91. The molecule has 1 saturated heterocycles. The molecule has 6 heteroatoms. The van der Waals surface area contributed by atoms with Crippen LogP contribution in [0.4, 0.5) is 5.82 Å². The van der Waals surface area contributed by atoms with Gasteiger partial charge in [0.15, 0.2) is 9.84 Å². The van der Waals surface area contributed by atoms with E-state index in [2.05, 4.69) is 29.1 Å². The summed E-state index contributed by atoms with van der Waals surface area (Å²) >= 11 is 0. The predicted molar refractivity (Wildman–Crippen MR) is 80.9 cm³/mol. The average Bonchev–Trinajstić information content (AvgIpc) is 2.76. The number of aryl methyl sites for hydroxylation is 1. The van der Waals surface area contributed by atoms with Gasteiger partial charge in [-0.25, -0.2) is 18.4 Å². The Morgan fingerprint density at radius 2 is 2.05 bits per heavy atom. The van der Waals surface area contributed by atoms with Gasteiger partial charge in [0.05, 0.1) is 11.5 Å². The molecule has 5 nitrogen and oxygen atoms in total. The van der Waals surface area contributed by atoms with Crippen LogP contribution in [0.5, 0.6) is 0 Å². The molecule has 1 aromatic heterocycles. The van der Waals surface area contributed by atoms with Crippen LogP contribution in [0.1, 0.15) is 49.7 Å². The third-order valence-corrected chi connectivity index (χ3v) is 5.49. The minimum Gasteiger partial charge on any atom is -0.370 e. The summed E-state index contributed by atoms with van der Waals surface area (Å²) in [5.41, 5.74) is 2.09. The number of rotatable bonds is 5. The van der Waals surface area contributed by atoms with Crippen LogP contribution < -0.4 is 5.32 Å². The summed E-state index contributed by atoms with van der Waals surface area (Å²) in [7, 11) is -2.90. The second kappa shape index (κ2) is 6.08. The maximum atomic E-state index is 11.6. The molecule has 1 aromatic rings. The van der Waals surface area contributed by atoms with Crippen molar-refractivity contribution in [3.05, 3.63) is 17.1 Å². The summed E-state index contributed by atoms with van der Waals surface area (Å²) in [6.45, 7) is 7.04. The second-order valence-corrected chi connectivity index (χ2v) is 7.60. The van der Waals surface area contributed by atoms with Gasteiger partial charge in [-0.05, 0) is 26.2 Å². The summed E-state index contributed by atoms with van der Waals surface area (Å²) < 4.78 is 23.2. The normalized spacial score (nSPS) is 21.1. The van der Waals surface area contributed by atoms with E-state index in [0.717, 1.165) is 36.5 Å². The molecule has 1 fully saturated rings. The molecule has 2 rings (SSSR count). The first-order valence-electron chi connectivity index (χ1n) is 7.28. The molecule has 0 aromatic carbocycles. The number of hydrogen-bond acceptors (Lipinski definition) is 5. The van der Waals surface area contributed by atoms with E-state index >= 15 is 0 Å². The molecule has 0 bridgehead atoms. The Kier molecular flexibility index (Phi) is 4.62. The zero-order valence-electron chi connectivity index (χ0n) is 12.4. The van der Waals surface area contributed by atoms with Gasteiger partial charge in [-0.3, -0.25) is 0 Å². The molecule has 20 heavy (non-hydrogen) atoms. The third kappa shape index (κ3) is 3.29. The van der Waals surface area contributed by atoms with E-state index in [9.17, 15) is 8.42 Å². The Labute approximate surface area is 121 Å². The van der Waals surface area contributed by atoms with Gasteiger partial charge in [0.1, 0.15) is 11.6 Å². The van der Waals surface area contributed by atoms with E-state index in [-0.39, 0.29) is 17.4 Å². The fourth-order valence-corrected chi connectivity index (χ4v) is 4.35. The predicted octanol–water partition coefficient (Wildman–Crippen LogP) is 2.07. The molecule has 0 amide bonds. The van der Waals surface area contributed by atoms with Crippen molar-refractivity contribution in [2.45, 2.75) is 46.0 Å². The fourth-order valence-electron chi connectivity index (χ4n) is 2.61. The van der Waals surface area contributed by atoms with Gasteiger partial charge in [-0.2, -0.15) is 0 Å². The van der Waals surface area contributed by atoms with Crippen LogP contribution in [0.25, 0.3) is 0 Å². The van der Waals surface area contributed by atoms with E-state index in [1.165, 1.54) is 0 Å². The minimum absolute atomic E-state index is 0.0493. The SMILES string of the molecule is CCCNc1nc(C2CCS(=O)(=O)C2)nc(C)c1CC. The number of nitrogens with one attached hydrogen (secondary N) is 1. The minimum atomic E-state index is -2.90. The van der Waals surface area contributed by atoms with Crippen LogP contribution in [0.3, 0.4) is 0 Å². The zero-order valence-corrected chi connectivity index (χ0v) is 13.3. The van der Waals surface area contributed by atoms with Crippen molar-refractivity contribution in [3.63, 3.8) is 0 Å². The lowest BCUT2D eigenvalue weighted by atomic mass is 10.1. The summed E-state index contributed by atoms with van der Waals surface area (Å²) in [4.78, 5) is 9.15. The van der Waals surface area contributed by atoms with Crippen molar-refractivity contribution in [2.24, 2.45) is 0 Å². The third-order valence-electron chi connectivity index (χ3n) is 3.72. The molecular formula is C14H23N3O2S. The average molecular weight is 297 g/mol. The van der Waals surface area contributed by atoms with Crippen molar-refractivity contribution < 1.29 is 8.42 Å². The molecule has 1 aliphatic rings. The molecule has 0 radical (unpaired) electrons. The van der Waals surface area contributed by atoms with Crippen LogP contribution in [0.15, 0.2) is 0 Å². The van der Waals surface area contributed by atoms with E-state index in [1.807, 2.05) is 6.92 Å². The van der Waals surface area contributed by atoms with E-state index in [1.54, 1.807) is 0 Å². The van der Waals surface area contributed by atoms with Crippen molar-refractivity contribution in [1.82, 2.24) is 9.97 Å². The molecular weight excluding hydrogens is 274 g/mol. The Morgan fingerprint density at radius 3 is 2.60 bits per heavy atom. The largest absolute Gasteiger partial charge is 0.370 e. The van der Waals surface area contributed by atoms with Gasteiger partial charge in [-0.15, -0.1) is 0 Å². The first kappa shape index (κ1) is 15.2. The Balaban J connectivity index is 2.33. The number of sulfone groups is 1. The smallest absolute Gasteiger partial charge is 0.151 e. The highest BCUT2D eigenvalue weighted by Gasteiger charge is 2.31. The quantitative estimate of drug-likeness (QED) is 0.901. The van der Waals surface area contributed by atoms with Gasteiger partial charge in [-0.1, -0.05) is 13.8 Å². The first-order valence-corrected chi connectivity index (χ1v) is 9.10. The maximum Gasteiger partial charge on any atom is 0.151 e. The van der Waals surface area contributed by atoms with Gasteiger partial charge in [0, 0.05) is 23.7 Å². The van der Waals surface area contributed by atoms with Crippen molar-refractivity contribution in [3.8, 4) is 0 Å². The Hall–Kier alpha value is -1.17. The lowest BCUT2D eigenvalue weighted by Gasteiger charge is -2.15. The fraction of sp³-hybridized carbons (Fsp3) is 0.714. The number of hydrogen-bond donors (Lipinski definition) is 1. The first-order chi connectivity index (χ1) is 9.46. The molecule has 1 unspecified atom stereocenters. The molecule has 0 aliphatic carbocycles. The highest BCUT2D eigenvalue weighted by atomic mass is 32.2. The van der Waals surface area contributed by atoms with Crippen LogP contribution in [0.2, 0.25) is 0 Å². The summed E-state index contributed by atoms with van der Waals surface area (Å²) in [5, 5.41) is 3.34. The molecule has 112 valence electrons. The maximum absolute atomic E-state index is 11.6. The summed E-state index contributed by atoms with van der Waals surface area (Å²) in [6, 6.07) is 0. The van der Waals surface area contributed by atoms with Gasteiger partial charge >= 0.3 is 0 Å². The molecule has 1 N–H and O–H groups in total. The van der Waals surface area contributed by atoms with Crippen LogP contribution in [-0.4, -0.2) is 36.4 Å². The monoisotopic (exact) mass is 297 g/mol. The van der Waals surface area contributed by atoms with Crippen molar-refractivity contribution in [1.29, 1.82) is 0 Å². The number of nitrogens with zero attached hydrogens (tertiary/aromatic N) is 2. The molecule has 2 heterocycles. The summed E-state index contributed by atoms with van der Waals surface area (Å²) in [5.74, 6) is 1.95. The lowest BCUT2D eigenvalue weighted by molar-refractivity contribution is 0.601. The lowest BCUT2D eigenvalue weighted by Crippen LogP contribution is -2.14. The molecule has 0 saturated carbocycles. The number of anilines is 1. The number of aromatic nitrogens is 2. The van der Waals surface area contributed by atoms with Gasteiger partial charge in [0.2, 0.25) is 0 Å². The second-order valence-electron chi connectivity index (χ2n) is 5.37. The molecule has 1 aliphatic heterocycles. The highest BCUT2D eigenvalue weighted by Crippen LogP contribution is 2.29. The summed E-state index contributed by atoms with van der Waals surface area (Å²) in [6.07, 6.45) is 2.54. The van der Waals surface area contributed by atoms with E-state index in [4.69, 9.17) is 0 Å². The molecule has 0 spiro atoms. The molecule has 1 atom stereocenters. The van der Waals surface area contributed by atoms with Crippen LogP contribution in [-0.2, 0) is 16.3 Å². The van der Waals surface area contributed by atoms with E-state index < -0.39 is 9.84 Å². The zero-order chi connectivity index (χ0) is 14.8. The topological polar surface area (TPSA) is 72.0 Å². The van der Waals surface area contributed by atoms with Crippen molar-refractivity contribution >= 4 is 15.7 Å². The standard InChI is InChI=1S/C14H23N3O2S/c1-4-7-15-14-12(5-2)10(3)16-13(17-14)11-6-8-20(18,19)9-11/h11H,4-9H2,1-3H3,(H,15,16,17). The Morgan fingerprint density at radius 1 is 1.30 bits per heavy atom. The van der Waals surface area contributed by atoms with Crippen LogP contribution in [0, 0.1) is 6.92 Å². The van der Waals surface area contributed by atoms with E-state index in [0.29, 0.717) is 12.2 Å². The Bertz CT molecular complexity index is 584. The van der Waals surface area contributed by atoms with Gasteiger partial charge in [0.25, 0.3) is 0 Å².